The molecule has 0 aromatic heterocycles. The minimum absolute atomic E-state index is 0.0588. The minimum atomic E-state index is -1.99. The highest BCUT2D eigenvalue weighted by Gasteiger charge is 2.44. The van der Waals surface area contributed by atoms with Crippen LogP contribution >= 0.6 is 16.1 Å². The lowest BCUT2D eigenvalue weighted by atomic mass is 10.0. The number of hydrogen-bond donors (Lipinski definition) is 0. The Kier molecular flexibility index (Phi) is 9.49. The Hall–Kier alpha value is -2.72. The SMILES string of the molecule is CCCCN(P(c1cc(F)c(F)c(F)c1)c1cc(F)c(F)c(F)c1)P1[C@H](c2ccccc2)CC[C@H]1c1ccccc1. The van der Waals surface area contributed by atoms with Crippen LogP contribution in [0.1, 0.15) is 55.1 Å². The molecule has 0 aliphatic carbocycles. The third-order valence-corrected chi connectivity index (χ3v) is 13.8. The number of hydrogen-bond acceptors (Lipinski definition) is 1. The number of rotatable bonds is 9. The molecule has 1 heterocycles. The Morgan fingerprint density at radius 2 is 1.05 bits per heavy atom. The van der Waals surface area contributed by atoms with Gasteiger partial charge in [-0.15, -0.1) is 0 Å². The van der Waals surface area contributed by atoms with E-state index in [1.807, 2.05) is 43.3 Å². The van der Waals surface area contributed by atoms with Gasteiger partial charge in [-0.1, -0.05) is 74.0 Å². The molecule has 0 spiro atoms. The Labute approximate surface area is 238 Å². The van der Waals surface area contributed by atoms with Gasteiger partial charge >= 0.3 is 0 Å². The van der Waals surface area contributed by atoms with Crippen molar-refractivity contribution in [3.05, 3.63) is 131 Å². The zero-order valence-corrected chi connectivity index (χ0v) is 24.2. The van der Waals surface area contributed by atoms with E-state index < -0.39 is 51.0 Å². The maximum Gasteiger partial charge on any atom is 0.194 e. The molecule has 214 valence electrons. The van der Waals surface area contributed by atoms with Crippen molar-refractivity contribution in [2.45, 2.75) is 43.9 Å². The molecule has 0 amide bonds. The normalized spacial score (nSPS) is 17.6. The third kappa shape index (κ3) is 6.23. The zero-order valence-electron chi connectivity index (χ0n) is 22.4. The Morgan fingerprint density at radius 1 is 0.659 bits per heavy atom. The number of halogens is 6. The molecule has 41 heavy (non-hydrogen) atoms. The summed E-state index contributed by atoms with van der Waals surface area (Å²) in [5.41, 5.74) is 2.34. The smallest absolute Gasteiger partial charge is 0.194 e. The molecule has 5 rings (SSSR count). The van der Waals surface area contributed by atoms with Gasteiger partial charge in [0.05, 0.1) is 0 Å². The highest BCUT2D eigenvalue weighted by Crippen LogP contribution is 2.76. The molecule has 0 saturated carbocycles. The first-order chi connectivity index (χ1) is 19.8. The molecule has 0 bridgehead atoms. The monoisotopic (exact) mass is 603 g/mol. The molecule has 4 aromatic rings. The molecular formula is C32H29F6NP2. The van der Waals surface area contributed by atoms with Crippen LogP contribution in [-0.2, 0) is 0 Å². The fourth-order valence-corrected chi connectivity index (χ4v) is 13.0. The lowest BCUT2D eigenvalue weighted by Gasteiger charge is -2.42. The zero-order chi connectivity index (χ0) is 29.1. The van der Waals surface area contributed by atoms with Crippen molar-refractivity contribution in [1.29, 1.82) is 0 Å². The van der Waals surface area contributed by atoms with Gasteiger partial charge < -0.3 is 0 Å². The lowest BCUT2D eigenvalue weighted by Crippen LogP contribution is -2.29. The second-order valence-electron chi connectivity index (χ2n) is 10.0. The molecule has 1 nitrogen and oxygen atoms in total. The standard InChI is InChI=1S/C32H29F6NP2/c1-2-3-16-39(41-29(21-10-6-4-7-11-21)14-15-30(41)22-12-8-5-9-13-22)40(23-17-25(33)31(37)26(34)18-23)24-19-27(35)32(38)28(36)20-24/h4-13,17-20,29-30H,2-3,14-16H2,1H3/t29-,30-/m0/s1. The van der Waals surface area contributed by atoms with E-state index >= 15 is 0 Å². The second kappa shape index (κ2) is 13.1. The molecule has 9 heteroatoms. The van der Waals surface area contributed by atoms with Crippen LogP contribution in [0.2, 0.25) is 0 Å². The van der Waals surface area contributed by atoms with Crippen LogP contribution in [0.3, 0.4) is 0 Å². The summed E-state index contributed by atoms with van der Waals surface area (Å²) in [6, 6.07) is 23.6. The van der Waals surface area contributed by atoms with E-state index in [0.717, 1.165) is 54.7 Å². The largest absolute Gasteiger partial charge is 0.251 e. The summed E-state index contributed by atoms with van der Waals surface area (Å²) in [5, 5.41) is 0.150. The van der Waals surface area contributed by atoms with Gasteiger partial charge in [0.15, 0.2) is 34.9 Å². The fourth-order valence-electron chi connectivity index (χ4n) is 5.47. The summed E-state index contributed by atoms with van der Waals surface area (Å²) in [6.07, 6.45) is 3.20. The summed E-state index contributed by atoms with van der Waals surface area (Å²) < 4.78 is 89.1. The van der Waals surface area contributed by atoms with Gasteiger partial charge in [0, 0.05) is 36.5 Å². The molecule has 1 aliphatic heterocycles. The van der Waals surface area contributed by atoms with Crippen LogP contribution in [-0.4, -0.2) is 11.0 Å². The van der Waals surface area contributed by atoms with E-state index in [1.54, 1.807) is 0 Å². The Bertz CT molecular complexity index is 1340. The van der Waals surface area contributed by atoms with Crippen molar-refractivity contribution in [1.82, 2.24) is 4.44 Å². The first-order valence-corrected chi connectivity index (χ1v) is 16.3. The molecule has 1 saturated heterocycles. The van der Waals surface area contributed by atoms with Gasteiger partial charge in [-0.05, 0) is 62.7 Å². The van der Waals surface area contributed by atoms with Crippen LogP contribution in [0.25, 0.3) is 0 Å². The third-order valence-electron chi connectivity index (χ3n) is 7.36. The summed E-state index contributed by atoms with van der Waals surface area (Å²) in [7, 11) is -3.15. The molecule has 1 fully saturated rings. The van der Waals surface area contributed by atoms with Crippen molar-refractivity contribution in [3.63, 3.8) is 0 Å². The minimum Gasteiger partial charge on any atom is -0.251 e. The van der Waals surface area contributed by atoms with E-state index in [0.29, 0.717) is 13.0 Å². The van der Waals surface area contributed by atoms with Gasteiger partial charge in [-0.3, -0.25) is 4.44 Å². The molecule has 2 atom stereocenters. The Balaban J connectivity index is 1.75. The summed E-state index contributed by atoms with van der Waals surface area (Å²) in [4.78, 5) is 0. The highest BCUT2D eigenvalue weighted by atomic mass is 31.2. The maximum atomic E-state index is 14.7. The number of nitrogens with zero attached hydrogens (tertiary/aromatic N) is 1. The molecule has 4 aromatic carbocycles. The van der Waals surface area contributed by atoms with Crippen molar-refractivity contribution in [2.24, 2.45) is 0 Å². The Morgan fingerprint density at radius 3 is 1.41 bits per heavy atom. The molecule has 0 radical (unpaired) electrons. The summed E-state index contributed by atoms with van der Waals surface area (Å²) >= 11 is 0. The molecule has 0 unspecified atom stereocenters. The summed E-state index contributed by atoms with van der Waals surface area (Å²) in [6.45, 7) is 2.49. The summed E-state index contributed by atoms with van der Waals surface area (Å²) in [5.74, 6) is -8.77. The number of benzene rings is 4. The van der Waals surface area contributed by atoms with Gasteiger partial charge in [-0.25, -0.2) is 26.3 Å². The lowest BCUT2D eigenvalue weighted by molar-refractivity contribution is 0.448. The van der Waals surface area contributed by atoms with Crippen molar-refractivity contribution < 1.29 is 26.3 Å². The first-order valence-electron chi connectivity index (χ1n) is 13.5. The van der Waals surface area contributed by atoms with Crippen LogP contribution < -0.4 is 10.6 Å². The van der Waals surface area contributed by atoms with E-state index in [2.05, 4.69) is 28.7 Å². The van der Waals surface area contributed by atoms with E-state index in [1.165, 1.54) is 0 Å². The predicted octanol–water partition coefficient (Wildman–Crippen LogP) is 9.64. The topological polar surface area (TPSA) is 3.24 Å². The molecule has 0 N–H and O–H groups in total. The van der Waals surface area contributed by atoms with E-state index in [-0.39, 0.29) is 21.9 Å². The van der Waals surface area contributed by atoms with Crippen LogP contribution in [0, 0.1) is 34.9 Å². The van der Waals surface area contributed by atoms with Crippen molar-refractivity contribution in [2.75, 3.05) is 6.54 Å². The fraction of sp³-hybridized carbons (Fsp3) is 0.250. The second-order valence-corrected chi connectivity index (χ2v) is 15.0. The van der Waals surface area contributed by atoms with Crippen molar-refractivity contribution in [3.8, 4) is 0 Å². The average Bonchev–Trinajstić information content (AvgIpc) is 3.42. The molecular weight excluding hydrogens is 574 g/mol. The average molecular weight is 604 g/mol. The van der Waals surface area contributed by atoms with E-state index in [4.69, 9.17) is 0 Å². The highest BCUT2D eigenvalue weighted by molar-refractivity contribution is 7.79. The van der Waals surface area contributed by atoms with Gasteiger partial charge in [0.2, 0.25) is 0 Å². The predicted molar refractivity (Wildman–Crippen MR) is 155 cm³/mol. The number of unbranched alkanes of at least 4 members (excludes halogenated alkanes) is 1. The first kappa shape index (κ1) is 29.8. The maximum absolute atomic E-state index is 14.7. The van der Waals surface area contributed by atoms with Crippen LogP contribution in [0.15, 0.2) is 84.9 Å². The van der Waals surface area contributed by atoms with Gasteiger partial charge in [0.1, 0.15) is 0 Å². The quantitative estimate of drug-likeness (QED) is 0.105. The van der Waals surface area contributed by atoms with E-state index in [9.17, 15) is 26.3 Å². The van der Waals surface area contributed by atoms with Crippen molar-refractivity contribution >= 4 is 26.8 Å². The van der Waals surface area contributed by atoms with Gasteiger partial charge in [0.25, 0.3) is 0 Å². The molecule has 1 aliphatic rings. The van der Waals surface area contributed by atoms with Crippen LogP contribution in [0.4, 0.5) is 26.3 Å². The van der Waals surface area contributed by atoms with Crippen LogP contribution in [0.5, 0.6) is 0 Å². The van der Waals surface area contributed by atoms with Gasteiger partial charge in [-0.2, -0.15) is 0 Å².